The first kappa shape index (κ1) is 18.7. The van der Waals surface area contributed by atoms with Crippen LogP contribution in [0.3, 0.4) is 0 Å². The third kappa shape index (κ3) is 3.74. The zero-order valence-corrected chi connectivity index (χ0v) is 17.7. The number of nitrogens with one attached hydrogen (secondary N) is 1. The summed E-state index contributed by atoms with van der Waals surface area (Å²) in [5.74, 6) is 2.31. The molecule has 0 amide bonds. The van der Waals surface area contributed by atoms with Gasteiger partial charge in [0.1, 0.15) is 12.4 Å². The average molecular weight is 442 g/mol. The van der Waals surface area contributed by atoms with Crippen LogP contribution in [-0.4, -0.2) is 16.2 Å². The number of ether oxygens (including phenoxy) is 1. The Labute approximate surface area is 175 Å². The highest BCUT2D eigenvalue weighted by Crippen LogP contribution is 2.57. The molecule has 4 bridgehead atoms. The van der Waals surface area contributed by atoms with Crippen LogP contribution in [0.5, 0.6) is 5.75 Å². The first-order valence-electron chi connectivity index (χ1n) is 10.4. The zero-order valence-electron chi connectivity index (χ0n) is 16.2. The van der Waals surface area contributed by atoms with Crippen LogP contribution in [0, 0.1) is 11.8 Å². The molecule has 0 aliphatic heterocycles. The number of hydrogen-bond acceptors (Lipinski definition) is 3. The van der Waals surface area contributed by atoms with E-state index in [1.807, 2.05) is 24.3 Å². The normalized spacial score (nSPS) is 33.2. The maximum absolute atomic E-state index is 11.0. The SMILES string of the molecule is OC12CC3CC(C1)CC(NCc1cc(Br)ccc1OCc1ccccc1)(C3)C2. The molecule has 4 fully saturated rings. The Morgan fingerprint density at radius 3 is 2.50 bits per heavy atom. The van der Waals surface area contributed by atoms with Gasteiger partial charge in [-0.05, 0) is 74.1 Å². The molecular weight excluding hydrogens is 414 g/mol. The number of aliphatic hydroxyl groups is 1. The molecule has 4 aliphatic rings. The maximum Gasteiger partial charge on any atom is 0.124 e. The van der Waals surface area contributed by atoms with Crippen molar-refractivity contribution in [3.63, 3.8) is 0 Å². The lowest BCUT2D eigenvalue weighted by Gasteiger charge is -2.60. The second kappa shape index (κ2) is 7.16. The Morgan fingerprint density at radius 2 is 1.79 bits per heavy atom. The molecule has 4 heteroatoms. The molecule has 2 N–H and O–H groups in total. The van der Waals surface area contributed by atoms with Gasteiger partial charge in [0.15, 0.2) is 0 Å². The van der Waals surface area contributed by atoms with Crippen molar-refractivity contribution >= 4 is 15.9 Å². The van der Waals surface area contributed by atoms with E-state index in [2.05, 4.69) is 45.5 Å². The van der Waals surface area contributed by atoms with Gasteiger partial charge < -0.3 is 15.2 Å². The second-order valence-electron chi connectivity index (χ2n) is 9.35. The molecule has 28 heavy (non-hydrogen) atoms. The van der Waals surface area contributed by atoms with Crippen molar-refractivity contribution in [3.8, 4) is 5.75 Å². The fraction of sp³-hybridized carbons (Fsp3) is 0.500. The lowest BCUT2D eigenvalue weighted by atomic mass is 9.51. The summed E-state index contributed by atoms with van der Waals surface area (Å²) in [5, 5.41) is 14.9. The Hall–Kier alpha value is -1.36. The molecule has 148 valence electrons. The summed E-state index contributed by atoms with van der Waals surface area (Å²) >= 11 is 3.61. The summed E-state index contributed by atoms with van der Waals surface area (Å²) in [7, 11) is 0. The van der Waals surface area contributed by atoms with Crippen LogP contribution in [0.15, 0.2) is 53.0 Å². The highest BCUT2D eigenvalue weighted by Gasteiger charge is 2.56. The van der Waals surface area contributed by atoms with Crippen LogP contribution >= 0.6 is 15.9 Å². The van der Waals surface area contributed by atoms with E-state index in [4.69, 9.17) is 4.74 Å². The minimum atomic E-state index is -0.430. The molecular formula is C24H28BrNO2. The molecule has 2 aromatic carbocycles. The van der Waals surface area contributed by atoms with Gasteiger partial charge in [0, 0.05) is 22.1 Å². The van der Waals surface area contributed by atoms with Crippen molar-refractivity contribution in [2.75, 3.05) is 0 Å². The van der Waals surface area contributed by atoms with Crippen molar-refractivity contribution in [1.29, 1.82) is 0 Å². The molecule has 2 unspecified atom stereocenters. The van der Waals surface area contributed by atoms with Gasteiger partial charge >= 0.3 is 0 Å². The Balaban J connectivity index is 1.31. The number of halogens is 1. The number of benzene rings is 2. The summed E-state index contributed by atoms with van der Waals surface area (Å²) in [5.41, 5.74) is 2.01. The highest BCUT2D eigenvalue weighted by atomic mass is 79.9. The van der Waals surface area contributed by atoms with Gasteiger partial charge in [-0.3, -0.25) is 0 Å². The molecule has 0 heterocycles. The van der Waals surface area contributed by atoms with Gasteiger partial charge in [-0.1, -0.05) is 46.3 Å². The summed E-state index contributed by atoms with van der Waals surface area (Å²) in [6.07, 6.45) is 6.65. The van der Waals surface area contributed by atoms with Crippen LogP contribution in [0.1, 0.15) is 49.7 Å². The van der Waals surface area contributed by atoms with Crippen LogP contribution in [0.25, 0.3) is 0 Å². The molecule has 6 rings (SSSR count). The molecule has 3 nitrogen and oxygen atoms in total. The molecule has 2 atom stereocenters. The van der Waals surface area contributed by atoms with E-state index >= 15 is 0 Å². The van der Waals surface area contributed by atoms with Gasteiger partial charge in [0.05, 0.1) is 5.60 Å². The highest BCUT2D eigenvalue weighted by molar-refractivity contribution is 9.10. The van der Waals surface area contributed by atoms with E-state index < -0.39 is 5.60 Å². The van der Waals surface area contributed by atoms with Gasteiger partial charge in [-0.2, -0.15) is 0 Å². The standard InChI is InChI=1S/C24H28BrNO2/c25-21-6-7-22(28-15-17-4-2-1-3-5-17)20(9-21)14-26-23-10-18-8-19(11-23)13-24(27,12-18)16-23/h1-7,9,18-19,26-27H,8,10-16H2. The minimum absolute atomic E-state index is 0.0951. The Morgan fingerprint density at radius 1 is 1.04 bits per heavy atom. The molecule has 0 spiro atoms. The Bertz CT molecular complexity index is 839. The largest absolute Gasteiger partial charge is 0.489 e. The van der Waals surface area contributed by atoms with Gasteiger partial charge in [0.25, 0.3) is 0 Å². The lowest BCUT2D eigenvalue weighted by Crippen LogP contribution is -2.64. The average Bonchev–Trinajstić information content (AvgIpc) is 2.64. The van der Waals surface area contributed by atoms with E-state index in [1.54, 1.807) is 0 Å². The predicted octanol–water partition coefficient (Wildman–Crippen LogP) is 5.20. The van der Waals surface area contributed by atoms with Crippen molar-refractivity contribution in [3.05, 3.63) is 64.1 Å². The predicted molar refractivity (Wildman–Crippen MR) is 114 cm³/mol. The smallest absolute Gasteiger partial charge is 0.124 e. The van der Waals surface area contributed by atoms with Crippen molar-refractivity contribution in [1.82, 2.24) is 5.32 Å². The lowest BCUT2D eigenvalue weighted by molar-refractivity contribution is -0.142. The van der Waals surface area contributed by atoms with Crippen molar-refractivity contribution < 1.29 is 9.84 Å². The van der Waals surface area contributed by atoms with E-state index in [-0.39, 0.29) is 5.54 Å². The summed E-state index contributed by atoms with van der Waals surface area (Å²) in [6, 6.07) is 16.5. The molecule has 0 aromatic heterocycles. The fourth-order valence-corrected chi connectivity index (χ4v) is 6.67. The van der Waals surface area contributed by atoms with Crippen LogP contribution in [0.2, 0.25) is 0 Å². The van der Waals surface area contributed by atoms with Crippen molar-refractivity contribution in [2.24, 2.45) is 11.8 Å². The fourth-order valence-electron chi connectivity index (χ4n) is 6.27. The third-order valence-electron chi connectivity index (χ3n) is 6.94. The van der Waals surface area contributed by atoms with Crippen LogP contribution in [-0.2, 0) is 13.2 Å². The Kier molecular flexibility index (Phi) is 4.77. The van der Waals surface area contributed by atoms with Crippen LogP contribution in [0.4, 0.5) is 0 Å². The van der Waals surface area contributed by atoms with Crippen molar-refractivity contribution in [2.45, 2.75) is 62.8 Å². The quantitative estimate of drug-likeness (QED) is 0.646. The summed E-state index contributed by atoms with van der Waals surface area (Å²) in [4.78, 5) is 0. The number of rotatable bonds is 6. The van der Waals surface area contributed by atoms with Crippen LogP contribution < -0.4 is 10.1 Å². The van der Waals surface area contributed by atoms with Gasteiger partial charge in [-0.25, -0.2) is 0 Å². The second-order valence-corrected chi connectivity index (χ2v) is 10.3. The molecule has 0 saturated heterocycles. The topological polar surface area (TPSA) is 41.5 Å². The first-order valence-corrected chi connectivity index (χ1v) is 11.2. The summed E-state index contributed by atoms with van der Waals surface area (Å²) < 4.78 is 7.23. The van der Waals surface area contributed by atoms with Gasteiger partial charge in [-0.15, -0.1) is 0 Å². The third-order valence-corrected chi connectivity index (χ3v) is 7.44. The van der Waals surface area contributed by atoms with E-state index in [0.717, 1.165) is 36.0 Å². The monoisotopic (exact) mass is 441 g/mol. The first-order chi connectivity index (χ1) is 13.5. The zero-order chi connectivity index (χ0) is 19.2. The maximum atomic E-state index is 11.0. The molecule has 4 saturated carbocycles. The molecule has 2 aromatic rings. The molecule has 0 radical (unpaired) electrons. The van der Waals surface area contributed by atoms with Gasteiger partial charge in [0.2, 0.25) is 0 Å². The van der Waals surface area contributed by atoms with E-state index in [1.165, 1.54) is 30.4 Å². The molecule has 4 aliphatic carbocycles. The van der Waals surface area contributed by atoms with E-state index in [0.29, 0.717) is 18.4 Å². The number of hydrogen-bond donors (Lipinski definition) is 2. The minimum Gasteiger partial charge on any atom is -0.489 e. The summed E-state index contributed by atoms with van der Waals surface area (Å²) in [6.45, 7) is 1.35. The van der Waals surface area contributed by atoms with E-state index in [9.17, 15) is 5.11 Å².